The van der Waals surface area contributed by atoms with Crippen LogP contribution < -0.4 is 4.74 Å². The summed E-state index contributed by atoms with van der Waals surface area (Å²) in [7, 11) is 1.70. The van der Waals surface area contributed by atoms with Gasteiger partial charge in [-0.05, 0) is 59.2 Å². The number of hydrogen-bond donors (Lipinski definition) is 0. The van der Waals surface area contributed by atoms with Crippen LogP contribution in [0.15, 0.2) is 30.3 Å². The fraction of sp³-hybridized carbons (Fsp3) is 0.350. The van der Waals surface area contributed by atoms with Gasteiger partial charge in [-0.3, -0.25) is 4.79 Å². The minimum Gasteiger partial charge on any atom is -0.496 e. The van der Waals surface area contributed by atoms with E-state index in [-0.39, 0.29) is 0 Å². The van der Waals surface area contributed by atoms with Gasteiger partial charge < -0.3 is 4.74 Å². The summed E-state index contributed by atoms with van der Waals surface area (Å²) in [5, 5.41) is 0. The second-order valence-electron chi connectivity index (χ2n) is 5.41. The van der Waals surface area contributed by atoms with Crippen molar-refractivity contribution >= 4 is 6.29 Å². The van der Waals surface area contributed by atoms with Crippen LogP contribution in [0.3, 0.4) is 0 Å². The van der Waals surface area contributed by atoms with Crippen LogP contribution in [-0.4, -0.2) is 13.4 Å². The zero-order valence-corrected chi connectivity index (χ0v) is 13.9. The van der Waals surface area contributed by atoms with Gasteiger partial charge in [-0.15, -0.1) is 0 Å². The SMILES string of the molecule is CCc1ccc(-c2cc(C=O)c(CC)c(CC)c2)cc1OC. The summed E-state index contributed by atoms with van der Waals surface area (Å²) in [4.78, 5) is 11.4. The van der Waals surface area contributed by atoms with E-state index in [0.717, 1.165) is 48.0 Å². The maximum atomic E-state index is 11.4. The Kier molecular flexibility index (Phi) is 5.37. The van der Waals surface area contributed by atoms with Crippen molar-refractivity contribution in [2.45, 2.75) is 40.0 Å². The standard InChI is InChI=1S/C20H24O2/c1-5-14-8-9-16(12-20(14)22-4)17-10-15(6-2)19(7-3)18(11-17)13-21/h8-13H,5-7H2,1-4H3. The van der Waals surface area contributed by atoms with Gasteiger partial charge in [0.1, 0.15) is 12.0 Å². The van der Waals surface area contributed by atoms with Crippen molar-refractivity contribution in [3.63, 3.8) is 0 Å². The van der Waals surface area contributed by atoms with E-state index in [1.165, 1.54) is 16.7 Å². The smallest absolute Gasteiger partial charge is 0.150 e. The molecule has 116 valence electrons. The summed E-state index contributed by atoms with van der Waals surface area (Å²) in [6, 6.07) is 10.5. The Morgan fingerprint density at radius 3 is 2.18 bits per heavy atom. The zero-order chi connectivity index (χ0) is 16.1. The van der Waals surface area contributed by atoms with Gasteiger partial charge in [-0.2, -0.15) is 0 Å². The molecule has 0 saturated heterocycles. The van der Waals surface area contributed by atoms with E-state index in [2.05, 4.69) is 45.0 Å². The quantitative estimate of drug-likeness (QED) is 0.711. The average molecular weight is 296 g/mol. The lowest BCUT2D eigenvalue weighted by Gasteiger charge is -2.14. The number of aldehydes is 1. The predicted octanol–water partition coefficient (Wildman–Crippen LogP) is 4.86. The number of hydrogen-bond acceptors (Lipinski definition) is 2. The topological polar surface area (TPSA) is 26.3 Å². The van der Waals surface area contributed by atoms with Crippen LogP contribution >= 0.6 is 0 Å². The van der Waals surface area contributed by atoms with Gasteiger partial charge in [0.2, 0.25) is 0 Å². The van der Waals surface area contributed by atoms with E-state index in [0.29, 0.717) is 0 Å². The molecular formula is C20H24O2. The highest BCUT2D eigenvalue weighted by Crippen LogP contribution is 2.30. The summed E-state index contributed by atoms with van der Waals surface area (Å²) >= 11 is 0. The Balaban J connectivity index is 2.59. The molecular weight excluding hydrogens is 272 g/mol. The largest absolute Gasteiger partial charge is 0.496 e. The lowest BCUT2D eigenvalue weighted by atomic mass is 9.91. The molecule has 0 unspecified atom stereocenters. The van der Waals surface area contributed by atoms with E-state index in [9.17, 15) is 4.79 Å². The predicted molar refractivity (Wildman–Crippen MR) is 92.0 cm³/mol. The number of methoxy groups -OCH3 is 1. The highest BCUT2D eigenvalue weighted by Gasteiger charge is 2.11. The number of carbonyl (C=O) groups is 1. The molecule has 0 heterocycles. The third-order valence-electron chi connectivity index (χ3n) is 4.24. The summed E-state index contributed by atoms with van der Waals surface area (Å²) in [6.07, 6.45) is 3.73. The van der Waals surface area contributed by atoms with Crippen molar-refractivity contribution in [2.75, 3.05) is 7.11 Å². The van der Waals surface area contributed by atoms with Crippen LogP contribution in [0.1, 0.15) is 47.8 Å². The average Bonchev–Trinajstić information content (AvgIpc) is 2.59. The molecule has 0 aromatic heterocycles. The summed E-state index contributed by atoms with van der Waals surface area (Å²) in [5.41, 5.74) is 6.59. The number of ether oxygens (including phenoxy) is 1. The van der Waals surface area contributed by atoms with Crippen LogP contribution in [0.25, 0.3) is 11.1 Å². The van der Waals surface area contributed by atoms with Crippen molar-refractivity contribution in [3.8, 4) is 16.9 Å². The molecule has 22 heavy (non-hydrogen) atoms. The monoisotopic (exact) mass is 296 g/mol. The molecule has 2 aromatic rings. The number of benzene rings is 2. The van der Waals surface area contributed by atoms with Gasteiger partial charge >= 0.3 is 0 Å². The number of rotatable bonds is 6. The van der Waals surface area contributed by atoms with E-state index in [4.69, 9.17) is 4.74 Å². The van der Waals surface area contributed by atoms with Crippen molar-refractivity contribution in [1.29, 1.82) is 0 Å². The van der Waals surface area contributed by atoms with Gasteiger partial charge in [0.05, 0.1) is 7.11 Å². The Bertz CT molecular complexity index is 672. The van der Waals surface area contributed by atoms with Gasteiger partial charge in [-0.1, -0.05) is 39.0 Å². The molecule has 0 atom stereocenters. The summed E-state index contributed by atoms with van der Waals surface area (Å²) < 4.78 is 5.49. The van der Waals surface area contributed by atoms with Crippen LogP contribution in [0.2, 0.25) is 0 Å². The van der Waals surface area contributed by atoms with Crippen molar-refractivity contribution in [3.05, 3.63) is 52.6 Å². The molecule has 2 rings (SSSR count). The molecule has 0 aliphatic carbocycles. The van der Waals surface area contributed by atoms with E-state index in [1.54, 1.807) is 7.11 Å². The minimum atomic E-state index is 0.801. The molecule has 0 fully saturated rings. The van der Waals surface area contributed by atoms with Crippen LogP contribution in [0.5, 0.6) is 5.75 Å². The fourth-order valence-corrected chi connectivity index (χ4v) is 2.99. The molecule has 0 N–H and O–H groups in total. The Morgan fingerprint density at radius 1 is 0.909 bits per heavy atom. The van der Waals surface area contributed by atoms with E-state index < -0.39 is 0 Å². The van der Waals surface area contributed by atoms with Gasteiger partial charge in [0.25, 0.3) is 0 Å². The van der Waals surface area contributed by atoms with Crippen LogP contribution in [-0.2, 0) is 19.3 Å². The first-order valence-corrected chi connectivity index (χ1v) is 7.96. The molecule has 0 aliphatic heterocycles. The summed E-state index contributed by atoms with van der Waals surface area (Å²) in [5.74, 6) is 0.908. The van der Waals surface area contributed by atoms with Gasteiger partial charge in [0, 0.05) is 5.56 Å². The van der Waals surface area contributed by atoms with Crippen molar-refractivity contribution in [1.82, 2.24) is 0 Å². The lowest BCUT2D eigenvalue weighted by Crippen LogP contribution is -1.99. The second-order valence-corrected chi connectivity index (χ2v) is 5.41. The number of carbonyl (C=O) groups excluding carboxylic acids is 1. The molecule has 2 aromatic carbocycles. The minimum absolute atomic E-state index is 0.801. The number of aryl methyl sites for hydroxylation is 2. The summed E-state index contributed by atoms with van der Waals surface area (Å²) in [6.45, 7) is 6.35. The van der Waals surface area contributed by atoms with E-state index >= 15 is 0 Å². The third kappa shape index (κ3) is 3.06. The Morgan fingerprint density at radius 2 is 1.64 bits per heavy atom. The molecule has 0 spiro atoms. The molecule has 2 nitrogen and oxygen atoms in total. The fourth-order valence-electron chi connectivity index (χ4n) is 2.99. The molecule has 0 aliphatic rings. The van der Waals surface area contributed by atoms with Crippen molar-refractivity contribution < 1.29 is 9.53 Å². The lowest BCUT2D eigenvalue weighted by molar-refractivity contribution is 0.112. The van der Waals surface area contributed by atoms with Crippen LogP contribution in [0, 0.1) is 0 Å². The molecule has 0 radical (unpaired) electrons. The maximum Gasteiger partial charge on any atom is 0.150 e. The zero-order valence-electron chi connectivity index (χ0n) is 13.9. The Hall–Kier alpha value is -2.09. The molecule has 0 bridgehead atoms. The molecule has 0 saturated carbocycles. The van der Waals surface area contributed by atoms with Crippen LogP contribution in [0.4, 0.5) is 0 Å². The second kappa shape index (κ2) is 7.26. The first kappa shape index (κ1) is 16.3. The first-order chi connectivity index (χ1) is 10.7. The van der Waals surface area contributed by atoms with Crippen molar-refractivity contribution in [2.24, 2.45) is 0 Å². The first-order valence-electron chi connectivity index (χ1n) is 7.96. The van der Waals surface area contributed by atoms with E-state index in [1.807, 2.05) is 6.07 Å². The maximum absolute atomic E-state index is 11.4. The highest BCUT2D eigenvalue weighted by molar-refractivity contribution is 5.82. The van der Waals surface area contributed by atoms with Gasteiger partial charge in [-0.25, -0.2) is 0 Å². The molecule has 0 amide bonds. The highest BCUT2D eigenvalue weighted by atomic mass is 16.5. The normalized spacial score (nSPS) is 10.5. The Labute approximate surface area is 133 Å². The molecule has 2 heteroatoms. The third-order valence-corrected chi connectivity index (χ3v) is 4.24. The van der Waals surface area contributed by atoms with Gasteiger partial charge in [0.15, 0.2) is 0 Å².